The van der Waals surface area contributed by atoms with Gasteiger partial charge in [-0.15, -0.1) is 7.92 Å². The SMILES string of the molecule is CC(C)c1ccc(N2CC(CP(C)C)C2)c2cnc(Cl)cc12. The summed E-state index contributed by atoms with van der Waals surface area (Å²) in [4.78, 5) is 6.81. The van der Waals surface area contributed by atoms with Crippen molar-refractivity contribution in [2.45, 2.75) is 19.8 Å². The minimum Gasteiger partial charge on any atom is -0.370 e. The third-order valence-electron chi connectivity index (χ3n) is 4.42. The molecule has 22 heavy (non-hydrogen) atoms. The molecule has 0 aliphatic carbocycles. The van der Waals surface area contributed by atoms with E-state index in [4.69, 9.17) is 11.6 Å². The Hall–Kier alpha value is -0.850. The van der Waals surface area contributed by atoms with Crippen molar-refractivity contribution in [2.24, 2.45) is 5.92 Å². The molecule has 0 spiro atoms. The number of rotatable bonds is 4. The Bertz CT molecular complexity index is 678. The molecule has 1 aliphatic heterocycles. The molecule has 3 rings (SSSR count). The number of aromatic nitrogens is 1. The molecule has 1 aromatic heterocycles. The fourth-order valence-electron chi connectivity index (χ4n) is 3.40. The molecule has 1 aromatic carbocycles. The van der Waals surface area contributed by atoms with Crippen LogP contribution in [0.4, 0.5) is 5.69 Å². The minimum atomic E-state index is 0.208. The lowest BCUT2D eigenvalue weighted by molar-refractivity contribution is 0.454. The van der Waals surface area contributed by atoms with Crippen LogP contribution >= 0.6 is 19.5 Å². The first-order chi connectivity index (χ1) is 10.5. The van der Waals surface area contributed by atoms with Crippen LogP contribution in [-0.4, -0.2) is 37.6 Å². The second-order valence-electron chi connectivity index (χ2n) is 6.91. The van der Waals surface area contributed by atoms with Gasteiger partial charge in [0.05, 0.1) is 0 Å². The molecule has 0 saturated carbocycles. The smallest absolute Gasteiger partial charge is 0.129 e. The number of hydrogen-bond acceptors (Lipinski definition) is 2. The lowest BCUT2D eigenvalue weighted by Gasteiger charge is -2.42. The summed E-state index contributed by atoms with van der Waals surface area (Å²) in [6.45, 7) is 11.6. The molecular formula is C18H24ClN2P. The summed E-state index contributed by atoms with van der Waals surface area (Å²) in [5.41, 5.74) is 2.67. The maximum absolute atomic E-state index is 6.13. The van der Waals surface area contributed by atoms with Crippen LogP contribution in [0.2, 0.25) is 5.15 Å². The quantitative estimate of drug-likeness (QED) is 0.565. The summed E-state index contributed by atoms with van der Waals surface area (Å²) >= 11 is 6.13. The largest absolute Gasteiger partial charge is 0.370 e. The Morgan fingerprint density at radius 3 is 2.64 bits per heavy atom. The highest BCUT2D eigenvalue weighted by Crippen LogP contribution is 2.39. The van der Waals surface area contributed by atoms with Gasteiger partial charge < -0.3 is 4.90 Å². The van der Waals surface area contributed by atoms with Gasteiger partial charge in [-0.2, -0.15) is 0 Å². The molecule has 1 saturated heterocycles. The van der Waals surface area contributed by atoms with Crippen molar-refractivity contribution < 1.29 is 0 Å². The van der Waals surface area contributed by atoms with E-state index in [1.165, 1.54) is 41.3 Å². The van der Waals surface area contributed by atoms with Crippen LogP contribution in [0, 0.1) is 5.92 Å². The van der Waals surface area contributed by atoms with E-state index in [1.54, 1.807) is 0 Å². The van der Waals surface area contributed by atoms with Gasteiger partial charge in [0.15, 0.2) is 0 Å². The first-order valence-electron chi connectivity index (χ1n) is 7.93. The van der Waals surface area contributed by atoms with Gasteiger partial charge in [0.25, 0.3) is 0 Å². The van der Waals surface area contributed by atoms with Crippen molar-refractivity contribution in [1.82, 2.24) is 4.98 Å². The first-order valence-corrected chi connectivity index (χ1v) is 10.7. The molecule has 0 amide bonds. The van der Waals surface area contributed by atoms with E-state index in [2.05, 4.69) is 49.2 Å². The second-order valence-corrected chi connectivity index (χ2v) is 9.83. The number of anilines is 1. The lowest BCUT2D eigenvalue weighted by Crippen LogP contribution is -2.48. The lowest BCUT2D eigenvalue weighted by atomic mass is 9.94. The number of pyridine rings is 1. The van der Waals surface area contributed by atoms with Gasteiger partial charge in [0.1, 0.15) is 5.15 Å². The van der Waals surface area contributed by atoms with Crippen LogP contribution in [0.3, 0.4) is 0 Å². The highest BCUT2D eigenvalue weighted by atomic mass is 35.5. The molecular weight excluding hydrogens is 311 g/mol. The van der Waals surface area contributed by atoms with Crippen LogP contribution in [0.5, 0.6) is 0 Å². The molecule has 0 bridgehead atoms. The van der Waals surface area contributed by atoms with E-state index in [0.717, 1.165) is 5.92 Å². The Morgan fingerprint density at radius 2 is 2.00 bits per heavy atom. The highest BCUT2D eigenvalue weighted by Gasteiger charge is 2.28. The summed E-state index contributed by atoms with van der Waals surface area (Å²) in [6.07, 6.45) is 3.33. The predicted octanol–water partition coefficient (Wildman–Crippen LogP) is 5.19. The van der Waals surface area contributed by atoms with E-state index in [1.807, 2.05) is 12.3 Å². The molecule has 1 fully saturated rings. The molecule has 4 heteroatoms. The third kappa shape index (κ3) is 3.09. The maximum atomic E-state index is 6.13. The predicted molar refractivity (Wildman–Crippen MR) is 100 cm³/mol. The molecule has 118 valence electrons. The zero-order valence-electron chi connectivity index (χ0n) is 13.8. The summed E-state index contributed by atoms with van der Waals surface area (Å²) in [7, 11) is 0.208. The molecule has 2 nitrogen and oxygen atoms in total. The van der Waals surface area contributed by atoms with Gasteiger partial charge in [0.2, 0.25) is 0 Å². The van der Waals surface area contributed by atoms with Crippen LogP contribution < -0.4 is 4.90 Å². The molecule has 1 aliphatic rings. The monoisotopic (exact) mass is 334 g/mol. The Balaban J connectivity index is 1.94. The van der Waals surface area contributed by atoms with Crippen molar-refractivity contribution in [3.63, 3.8) is 0 Å². The Morgan fingerprint density at radius 1 is 1.27 bits per heavy atom. The van der Waals surface area contributed by atoms with Crippen molar-refractivity contribution in [2.75, 3.05) is 37.5 Å². The topological polar surface area (TPSA) is 16.1 Å². The van der Waals surface area contributed by atoms with Gasteiger partial charge in [-0.1, -0.05) is 31.5 Å². The van der Waals surface area contributed by atoms with Crippen molar-refractivity contribution in [3.05, 3.63) is 35.1 Å². The summed E-state index contributed by atoms with van der Waals surface area (Å²) in [5, 5.41) is 3.07. The molecule has 0 radical (unpaired) electrons. The van der Waals surface area contributed by atoms with Gasteiger partial charge in [-0.25, -0.2) is 4.98 Å². The fraction of sp³-hybridized carbons (Fsp3) is 0.500. The summed E-state index contributed by atoms with van der Waals surface area (Å²) < 4.78 is 0. The van der Waals surface area contributed by atoms with Gasteiger partial charge in [-0.3, -0.25) is 0 Å². The van der Waals surface area contributed by atoms with Crippen LogP contribution in [-0.2, 0) is 0 Å². The molecule has 0 unspecified atom stereocenters. The second kappa shape index (κ2) is 6.34. The average molecular weight is 335 g/mol. The van der Waals surface area contributed by atoms with Crippen molar-refractivity contribution in [3.8, 4) is 0 Å². The van der Waals surface area contributed by atoms with E-state index < -0.39 is 0 Å². The number of hydrogen-bond donors (Lipinski definition) is 0. The normalized spacial score (nSPS) is 15.9. The van der Waals surface area contributed by atoms with Crippen molar-refractivity contribution >= 4 is 36.0 Å². The number of halogens is 1. The van der Waals surface area contributed by atoms with Crippen LogP contribution in [0.25, 0.3) is 10.8 Å². The van der Waals surface area contributed by atoms with Gasteiger partial charge >= 0.3 is 0 Å². The Kier molecular flexibility index (Phi) is 4.61. The van der Waals surface area contributed by atoms with Crippen LogP contribution in [0.1, 0.15) is 25.3 Å². The van der Waals surface area contributed by atoms with E-state index in [9.17, 15) is 0 Å². The first kappa shape index (κ1) is 16.0. The maximum Gasteiger partial charge on any atom is 0.129 e. The zero-order chi connectivity index (χ0) is 15.9. The summed E-state index contributed by atoms with van der Waals surface area (Å²) in [5.74, 6) is 1.35. The average Bonchev–Trinajstić information content (AvgIpc) is 2.40. The van der Waals surface area contributed by atoms with Gasteiger partial charge in [0, 0.05) is 30.4 Å². The Labute approximate surface area is 139 Å². The van der Waals surface area contributed by atoms with Crippen LogP contribution in [0.15, 0.2) is 24.4 Å². The number of benzene rings is 1. The molecule has 2 aromatic rings. The summed E-state index contributed by atoms with van der Waals surface area (Å²) in [6, 6.07) is 6.55. The number of nitrogens with zero attached hydrogens (tertiary/aromatic N) is 2. The molecule has 0 atom stereocenters. The standard InChI is InChI=1S/C18H24ClN2P/c1-12(2)14-5-6-17(16-8-20-18(19)7-15(14)16)21-9-13(10-21)11-22(3)4/h5-8,12-13H,9-11H2,1-4H3. The van der Waals surface area contributed by atoms with Gasteiger partial charge in [-0.05, 0) is 54.4 Å². The highest BCUT2D eigenvalue weighted by molar-refractivity contribution is 7.56. The number of fused-ring (bicyclic) bond motifs is 1. The zero-order valence-corrected chi connectivity index (χ0v) is 15.5. The van der Waals surface area contributed by atoms with E-state index in [0.29, 0.717) is 11.1 Å². The van der Waals surface area contributed by atoms with E-state index in [-0.39, 0.29) is 7.92 Å². The minimum absolute atomic E-state index is 0.208. The molecule has 2 heterocycles. The fourth-order valence-corrected chi connectivity index (χ4v) is 4.82. The molecule has 0 N–H and O–H groups in total. The van der Waals surface area contributed by atoms with Crippen molar-refractivity contribution in [1.29, 1.82) is 0 Å². The third-order valence-corrected chi connectivity index (χ3v) is 5.87. The van der Waals surface area contributed by atoms with E-state index >= 15 is 0 Å².